The van der Waals surface area contributed by atoms with Crippen molar-refractivity contribution >= 4 is 21.6 Å². The Labute approximate surface area is 130 Å². The lowest BCUT2D eigenvalue weighted by atomic mass is 10.0. The highest BCUT2D eigenvalue weighted by Gasteiger charge is 2.25. The monoisotopic (exact) mass is 340 g/mol. The maximum atomic E-state index is 5.85. The number of hydrogen-bond acceptors (Lipinski definition) is 3. The quantitative estimate of drug-likeness (QED) is 0.903. The van der Waals surface area contributed by atoms with Crippen LogP contribution in [0.4, 0.5) is 5.69 Å². The Morgan fingerprint density at radius 1 is 1.35 bits per heavy atom. The van der Waals surface area contributed by atoms with E-state index in [-0.39, 0.29) is 12.2 Å². The van der Waals surface area contributed by atoms with Crippen LogP contribution in [-0.4, -0.2) is 31.8 Å². The summed E-state index contributed by atoms with van der Waals surface area (Å²) in [7, 11) is 0. The number of nitrogens with one attached hydrogen (secondary N) is 1. The number of benzene rings is 1. The van der Waals surface area contributed by atoms with Gasteiger partial charge in [-0.3, -0.25) is 0 Å². The zero-order valence-corrected chi connectivity index (χ0v) is 14.4. The van der Waals surface area contributed by atoms with Crippen LogP contribution in [0.2, 0.25) is 0 Å². The summed E-state index contributed by atoms with van der Waals surface area (Å²) in [5.41, 5.74) is 2.67. The Bertz CT molecular complexity index is 442. The van der Waals surface area contributed by atoms with Gasteiger partial charge in [0.25, 0.3) is 0 Å². The SMILES string of the molecule is CCNC(C)c1ccc(Br)cc1N1C[C@@H](C)O[C@@H](C)C1. The van der Waals surface area contributed by atoms with Gasteiger partial charge < -0.3 is 15.0 Å². The van der Waals surface area contributed by atoms with E-state index in [1.165, 1.54) is 11.3 Å². The number of nitrogens with zero attached hydrogens (tertiary/aromatic N) is 1. The Morgan fingerprint density at radius 3 is 2.60 bits per heavy atom. The second kappa shape index (κ2) is 6.92. The molecule has 3 atom stereocenters. The highest BCUT2D eigenvalue weighted by Crippen LogP contribution is 2.31. The first kappa shape index (κ1) is 15.8. The van der Waals surface area contributed by atoms with Crippen LogP contribution >= 0.6 is 15.9 Å². The Hall–Kier alpha value is -0.580. The summed E-state index contributed by atoms with van der Waals surface area (Å²) in [6, 6.07) is 6.93. The van der Waals surface area contributed by atoms with Crippen LogP contribution in [0.3, 0.4) is 0 Å². The van der Waals surface area contributed by atoms with Gasteiger partial charge in [-0.25, -0.2) is 0 Å². The third-order valence-electron chi connectivity index (χ3n) is 3.73. The highest BCUT2D eigenvalue weighted by atomic mass is 79.9. The van der Waals surface area contributed by atoms with Gasteiger partial charge in [0.1, 0.15) is 0 Å². The van der Waals surface area contributed by atoms with Gasteiger partial charge in [-0.05, 0) is 45.0 Å². The van der Waals surface area contributed by atoms with E-state index in [0.29, 0.717) is 6.04 Å². The molecule has 3 nitrogen and oxygen atoms in total. The second-order valence-corrected chi connectivity index (χ2v) is 6.56. The Balaban J connectivity index is 2.31. The number of rotatable bonds is 4. The summed E-state index contributed by atoms with van der Waals surface area (Å²) in [6.07, 6.45) is 0.556. The van der Waals surface area contributed by atoms with Gasteiger partial charge >= 0.3 is 0 Å². The zero-order valence-electron chi connectivity index (χ0n) is 12.8. The van der Waals surface area contributed by atoms with Crippen molar-refractivity contribution in [3.63, 3.8) is 0 Å². The van der Waals surface area contributed by atoms with Crippen molar-refractivity contribution in [2.75, 3.05) is 24.5 Å². The molecule has 1 aliphatic heterocycles. The van der Waals surface area contributed by atoms with Crippen molar-refractivity contribution in [1.82, 2.24) is 5.32 Å². The first-order valence-electron chi connectivity index (χ1n) is 7.44. The Morgan fingerprint density at radius 2 is 2.00 bits per heavy atom. The summed E-state index contributed by atoms with van der Waals surface area (Å²) >= 11 is 3.60. The maximum Gasteiger partial charge on any atom is 0.0726 e. The lowest BCUT2D eigenvalue weighted by Crippen LogP contribution is -2.46. The van der Waals surface area contributed by atoms with Crippen molar-refractivity contribution in [2.24, 2.45) is 0 Å². The molecule has 4 heteroatoms. The Kier molecular flexibility index (Phi) is 5.47. The molecular weight excluding hydrogens is 316 g/mol. The molecule has 0 saturated carbocycles. The summed E-state index contributed by atoms with van der Waals surface area (Å²) < 4.78 is 6.98. The van der Waals surface area contributed by atoms with Gasteiger partial charge in [0.2, 0.25) is 0 Å². The van der Waals surface area contributed by atoms with Gasteiger partial charge in [-0.2, -0.15) is 0 Å². The van der Waals surface area contributed by atoms with E-state index < -0.39 is 0 Å². The number of morpholine rings is 1. The number of anilines is 1. The summed E-state index contributed by atoms with van der Waals surface area (Å²) in [5.74, 6) is 0. The van der Waals surface area contributed by atoms with E-state index in [0.717, 1.165) is 24.1 Å². The summed E-state index contributed by atoms with van der Waals surface area (Å²) in [4.78, 5) is 2.45. The number of hydrogen-bond donors (Lipinski definition) is 1. The summed E-state index contributed by atoms with van der Waals surface area (Å²) in [6.45, 7) is 11.5. The smallest absolute Gasteiger partial charge is 0.0726 e. The van der Waals surface area contributed by atoms with Crippen molar-refractivity contribution < 1.29 is 4.74 Å². The molecule has 0 spiro atoms. The largest absolute Gasteiger partial charge is 0.372 e. The fourth-order valence-corrected chi connectivity index (χ4v) is 3.30. The average Bonchev–Trinajstić information content (AvgIpc) is 2.37. The molecule has 1 fully saturated rings. The van der Waals surface area contributed by atoms with E-state index in [4.69, 9.17) is 4.74 Å². The lowest BCUT2D eigenvalue weighted by Gasteiger charge is -2.38. The number of ether oxygens (including phenoxy) is 1. The minimum atomic E-state index is 0.278. The fourth-order valence-electron chi connectivity index (χ4n) is 2.95. The zero-order chi connectivity index (χ0) is 14.7. The van der Waals surface area contributed by atoms with Crippen LogP contribution in [0, 0.1) is 0 Å². The second-order valence-electron chi connectivity index (χ2n) is 5.64. The molecule has 1 aliphatic rings. The van der Waals surface area contributed by atoms with Gasteiger partial charge in [0.15, 0.2) is 0 Å². The van der Waals surface area contributed by atoms with Crippen LogP contribution in [0.5, 0.6) is 0 Å². The van der Waals surface area contributed by atoms with Crippen LogP contribution in [0.25, 0.3) is 0 Å². The molecule has 0 aliphatic carbocycles. The van der Waals surface area contributed by atoms with Crippen molar-refractivity contribution in [1.29, 1.82) is 0 Å². The molecule has 112 valence electrons. The lowest BCUT2D eigenvalue weighted by molar-refractivity contribution is -0.00528. The fraction of sp³-hybridized carbons (Fsp3) is 0.625. The third kappa shape index (κ3) is 3.74. The standard InChI is InChI=1S/C16H25BrN2O/c1-5-18-13(4)15-7-6-14(17)8-16(15)19-9-11(2)20-12(3)10-19/h6-8,11-13,18H,5,9-10H2,1-4H3/t11-,12+,13?. The highest BCUT2D eigenvalue weighted by molar-refractivity contribution is 9.10. The normalized spacial score (nSPS) is 24.8. The first-order chi connectivity index (χ1) is 9.51. The molecule has 20 heavy (non-hydrogen) atoms. The van der Waals surface area contributed by atoms with Crippen LogP contribution in [0.15, 0.2) is 22.7 Å². The molecule has 1 heterocycles. The molecule has 0 aromatic heterocycles. The predicted octanol–water partition coefficient (Wildman–Crippen LogP) is 3.73. The van der Waals surface area contributed by atoms with E-state index >= 15 is 0 Å². The molecule has 0 amide bonds. The molecule has 1 aromatic rings. The molecular formula is C16H25BrN2O. The van der Waals surface area contributed by atoms with Crippen molar-refractivity contribution in [2.45, 2.75) is 45.9 Å². The molecule has 2 rings (SSSR count). The van der Waals surface area contributed by atoms with Gasteiger partial charge in [-0.1, -0.05) is 28.9 Å². The van der Waals surface area contributed by atoms with E-state index in [9.17, 15) is 0 Å². The summed E-state index contributed by atoms with van der Waals surface area (Å²) in [5, 5.41) is 3.51. The molecule has 1 aromatic carbocycles. The topological polar surface area (TPSA) is 24.5 Å². The van der Waals surface area contributed by atoms with Gasteiger partial charge in [0.05, 0.1) is 12.2 Å². The predicted molar refractivity (Wildman–Crippen MR) is 88.5 cm³/mol. The van der Waals surface area contributed by atoms with Crippen LogP contribution in [-0.2, 0) is 4.74 Å². The van der Waals surface area contributed by atoms with Gasteiger partial charge in [0, 0.05) is 29.3 Å². The van der Waals surface area contributed by atoms with E-state index in [2.05, 4.69) is 72.0 Å². The van der Waals surface area contributed by atoms with E-state index in [1.54, 1.807) is 0 Å². The minimum Gasteiger partial charge on any atom is -0.372 e. The minimum absolute atomic E-state index is 0.278. The van der Waals surface area contributed by atoms with Crippen molar-refractivity contribution in [3.8, 4) is 0 Å². The molecule has 1 saturated heterocycles. The molecule has 0 bridgehead atoms. The molecule has 1 N–H and O–H groups in total. The van der Waals surface area contributed by atoms with Crippen molar-refractivity contribution in [3.05, 3.63) is 28.2 Å². The van der Waals surface area contributed by atoms with Crippen LogP contribution in [0.1, 0.15) is 39.3 Å². The first-order valence-corrected chi connectivity index (χ1v) is 8.23. The number of halogens is 1. The molecule has 1 unspecified atom stereocenters. The van der Waals surface area contributed by atoms with E-state index in [1.807, 2.05) is 0 Å². The average molecular weight is 341 g/mol. The third-order valence-corrected chi connectivity index (χ3v) is 4.22. The molecule has 0 radical (unpaired) electrons. The maximum absolute atomic E-state index is 5.85. The van der Waals surface area contributed by atoms with Gasteiger partial charge in [-0.15, -0.1) is 0 Å². The van der Waals surface area contributed by atoms with Crippen LogP contribution < -0.4 is 10.2 Å².